The lowest BCUT2D eigenvalue weighted by Crippen LogP contribution is -2.24. The van der Waals surface area contributed by atoms with Crippen LogP contribution in [0.3, 0.4) is 0 Å². The van der Waals surface area contributed by atoms with Gasteiger partial charge in [0, 0.05) is 31.6 Å². The molecule has 0 fully saturated rings. The highest BCUT2D eigenvalue weighted by atomic mass is 16.5. The van der Waals surface area contributed by atoms with Crippen molar-refractivity contribution in [2.45, 2.75) is 58.7 Å². The van der Waals surface area contributed by atoms with Crippen LogP contribution in [0, 0.1) is 0 Å². The van der Waals surface area contributed by atoms with E-state index in [1.54, 1.807) is 0 Å². The van der Waals surface area contributed by atoms with Crippen LogP contribution in [-0.4, -0.2) is 11.5 Å². The molecular weight excluding hydrogens is 324 g/mol. The molecule has 0 bridgehead atoms. The molecule has 138 valence electrons. The van der Waals surface area contributed by atoms with Crippen molar-refractivity contribution in [3.8, 4) is 5.75 Å². The van der Waals surface area contributed by atoms with Gasteiger partial charge in [0.15, 0.2) is 0 Å². The fourth-order valence-electron chi connectivity index (χ4n) is 3.28. The number of benzene rings is 2. The molecule has 0 saturated carbocycles. The molecule has 1 aliphatic heterocycles. The molecule has 26 heavy (non-hydrogen) atoms. The molecule has 0 unspecified atom stereocenters. The monoisotopic (exact) mass is 352 g/mol. The van der Waals surface area contributed by atoms with Gasteiger partial charge in [-0.15, -0.1) is 0 Å². The Balaban J connectivity index is 1.49. The Morgan fingerprint density at radius 2 is 1.77 bits per heavy atom. The summed E-state index contributed by atoms with van der Waals surface area (Å²) in [4.78, 5) is 11.6. The molecule has 4 heteroatoms. The van der Waals surface area contributed by atoms with Crippen LogP contribution in [0.4, 0.5) is 5.69 Å². The summed E-state index contributed by atoms with van der Waals surface area (Å²) < 4.78 is 5.93. The standard InChI is InChI=1S/C22H28N2O2/c1-4-5-21(25)24-19-9-6-16(7-10-19)14-23-15-17-8-11-20-18(12-17)13-22(2,3)26-20/h6-12,23H,4-5,13-15H2,1-3H3,(H,24,25). The molecule has 2 aromatic carbocycles. The Morgan fingerprint density at radius 1 is 1.08 bits per heavy atom. The third-order valence-electron chi connectivity index (χ3n) is 4.50. The number of rotatable bonds is 7. The normalized spacial score (nSPS) is 14.6. The summed E-state index contributed by atoms with van der Waals surface area (Å²) in [6.45, 7) is 7.87. The Morgan fingerprint density at radius 3 is 2.50 bits per heavy atom. The zero-order chi connectivity index (χ0) is 18.6. The molecule has 1 amide bonds. The minimum Gasteiger partial charge on any atom is -0.487 e. The average molecular weight is 352 g/mol. The molecule has 1 aliphatic rings. The van der Waals surface area contributed by atoms with Crippen molar-refractivity contribution in [2.24, 2.45) is 0 Å². The lowest BCUT2D eigenvalue weighted by molar-refractivity contribution is -0.116. The minimum absolute atomic E-state index is 0.0714. The first-order valence-electron chi connectivity index (χ1n) is 9.35. The topological polar surface area (TPSA) is 50.4 Å². The molecule has 3 rings (SSSR count). The lowest BCUT2D eigenvalue weighted by atomic mass is 10.0. The van der Waals surface area contributed by atoms with E-state index in [4.69, 9.17) is 4.74 Å². The molecular formula is C22H28N2O2. The summed E-state index contributed by atoms with van der Waals surface area (Å²) in [6.07, 6.45) is 2.38. The van der Waals surface area contributed by atoms with Crippen LogP contribution in [0.15, 0.2) is 42.5 Å². The van der Waals surface area contributed by atoms with E-state index >= 15 is 0 Å². The number of carbonyl (C=O) groups is 1. The number of fused-ring (bicyclic) bond motifs is 1. The molecule has 2 aromatic rings. The van der Waals surface area contributed by atoms with Crippen LogP contribution in [0.2, 0.25) is 0 Å². The fourth-order valence-corrected chi connectivity index (χ4v) is 3.28. The molecule has 1 heterocycles. The fraction of sp³-hybridized carbons (Fsp3) is 0.409. The Labute approximate surface area is 156 Å². The van der Waals surface area contributed by atoms with Gasteiger partial charge < -0.3 is 15.4 Å². The number of carbonyl (C=O) groups excluding carboxylic acids is 1. The summed E-state index contributed by atoms with van der Waals surface area (Å²) in [5.41, 5.74) is 4.52. The van der Waals surface area contributed by atoms with Gasteiger partial charge in [-0.05, 0) is 55.2 Å². The molecule has 0 aliphatic carbocycles. The number of amides is 1. The van der Waals surface area contributed by atoms with E-state index in [2.05, 4.69) is 42.7 Å². The van der Waals surface area contributed by atoms with Gasteiger partial charge in [0.25, 0.3) is 0 Å². The first-order valence-corrected chi connectivity index (χ1v) is 9.35. The second-order valence-corrected chi connectivity index (χ2v) is 7.58. The second-order valence-electron chi connectivity index (χ2n) is 7.58. The summed E-state index contributed by atoms with van der Waals surface area (Å²) in [5, 5.41) is 6.39. The Kier molecular flexibility index (Phi) is 5.62. The largest absolute Gasteiger partial charge is 0.487 e. The maximum atomic E-state index is 11.6. The summed E-state index contributed by atoms with van der Waals surface area (Å²) in [6, 6.07) is 14.5. The average Bonchev–Trinajstić information content (AvgIpc) is 2.90. The Hall–Kier alpha value is -2.33. The van der Waals surface area contributed by atoms with Gasteiger partial charge in [-0.2, -0.15) is 0 Å². The smallest absolute Gasteiger partial charge is 0.224 e. The van der Waals surface area contributed by atoms with Gasteiger partial charge >= 0.3 is 0 Å². The van der Waals surface area contributed by atoms with E-state index in [9.17, 15) is 4.79 Å². The van der Waals surface area contributed by atoms with E-state index in [-0.39, 0.29) is 11.5 Å². The van der Waals surface area contributed by atoms with Crippen molar-refractivity contribution in [1.82, 2.24) is 5.32 Å². The number of anilines is 1. The molecule has 4 nitrogen and oxygen atoms in total. The van der Waals surface area contributed by atoms with Gasteiger partial charge in [0.2, 0.25) is 5.91 Å². The van der Waals surface area contributed by atoms with Gasteiger partial charge in [-0.25, -0.2) is 0 Å². The molecule has 0 atom stereocenters. The molecule has 0 aromatic heterocycles. The highest BCUT2D eigenvalue weighted by Crippen LogP contribution is 2.35. The predicted molar refractivity (Wildman–Crippen MR) is 105 cm³/mol. The quantitative estimate of drug-likeness (QED) is 0.775. The maximum absolute atomic E-state index is 11.6. The first kappa shape index (κ1) is 18.5. The highest BCUT2D eigenvalue weighted by molar-refractivity contribution is 5.90. The van der Waals surface area contributed by atoms with Crippen molar-refractivity contribution in [3.63, 3.8) is 0 Å². The van der Waals surface area contributed by atoms with Crippen LogP contribution in [0.5, 0.6) is 5.75 Å². The third-order valence-corrected chi connectivity index (χ3v) is 4.50. The molecule has 0 saturated heterocycles. The summed E-state index contributed by atoms with van der Waals surface area (Å²) in [5.74, 6) is 1.08. The van der Waals surface area contributed by atoms with Crippen molar-refractivity contribution in [3.05, 3.63) is 59.2 Å². The Bertz CT molecular complexity index is 766. The lowest BCUT2D eigenvalue weighted by Gasteiger charge is -2.16. The second kappa shape index (κ2) is 7.92. The van der Waals surface area contributed by atoms with Gasteiger partial charge in [0.1, 0.15) is 11.4 Å². The summed E-state index contributed by atoms with van der Waals surface area (Å²) >= 11 is 0. The van der Waals surface area contributed by atoms with Gasteiger partial charge in [0.05, 0.1) is 0 Å². The van der Waals surface area contributed by atoms with E-state index in [1.165, 1.54) is 16.7 Å². The predicted octanol–water partition coefficient (Wildman–Crippen LogP) is 4.43. The van der Waals surface area contributed by atoms with E-state index in [0.717, 1.165) is 37.4 Å². The van der Waals surface area contributed by atoms with Crippen LogP contribution < -0.4 is 15.4 Å². The van der Waals surface area contributed by atoms with Crippen LogP contribution in [-0.2, 0) is 24.3 Å². The van der Waals surface area contributed by atoms with Gasteiger partial charge in [-0.3, -0.25) is 4.79 Å². The number of hydrogen-bond acceptors (Lipinski definition) is 3. The minimum atomic E-state index is -0.0946. The highest BCUT2D eigenvalue weighted by Gasteiger charge is 2.29. The SMILES string of the molecule is CCCC(=O)Nc1ccc(CNCc2ccc3c(c2)CC(C)(C)O3)cc1. The van der Waals surface area contributed by atoms with Crippen LogP contribution in [0.1, 0.15) is 50.3 Å². The van der Waals surface area contributed by atoms with Gasteiger partial charge in [-0.1, -0.05) is 31.2 Å². The molecule has 0 radical (unpaired) electrons. The van der Waals surface area contributed by atoms with Crippen molar-refractivity contribution in [2.75, 3.05) is 5.32 Å². The third kappa shape index (κ3) is 4.85. The van der Waals surface area contributed by atoms with Crippen molar-refractivity contribution < 1.29 is 9.53 Å². The number of ether oxygens (including phenoxy) is 1. The van der Waals surface area contributed by atoms with E-state index in [1.807, 2.05) is 31.2 Å². The van der Waals surface area contributed by atoms with Crippen LogP contribution >= 0.6 is 0 Å². The maximum Gasteiger partial charge on any atom is 0.224 e. The van der Waals surface area contributed by atoms with Crippen molar-refractivity contribution in [1.29, 1.82) is 0 Å². The zero-order valence-corrected chi connectivity index (χ0v) is 15.9. The number of hydrogen-bond donors (Lipinski definition) is 2. The van der Waals surface area contributed by atoms with E-state index < -0.39 is 0 Å². The molecule has 2 N–H and O–H groups in total. The van der Waals surface area contributed by atoms with E-state index in [0.29, 0.717) is 6.42 Å². The summed E-state index contributed by atoms with van der Waals surface area (Å²) in [7, 11) is 0. The van der Waals surface area contributed by atoms with Crippen LogP contribution in [0.25, 0.3) is 0 Å². The zero-order valence-electron chi connectivity index (χ0n) is 15.9. The number of nitrogens with one attached hydrogen (secondary N) is 2. The van der Waals surface area contributed by atoms with Crippen molar-refractivity contribution >= 4 is 11.6 Å². The molecule has 0 spiro atoms. The first-order chi connectivity index (χ1) is 12.4.